The zero-order valence-electron chi connectivity index (χ0n) is 12.3. The van der Waals surface area contributed by atoms with Gasteiger partial charge in [0.25, 0.3) is 0 Å². The van der Waals surface area contributed by atoms with Gasteiger partial charge in [-0.2, -0.15) is 0 Å². The van der Waals surface area contributed by atoms with Crippen molar-refractivity contribution in [2.45, 2.75) is 32.4 Å². The van der Waals surface area contributed by atoms with E-state index in [1.807, 2.05) is 0 Å². The van der Waals surface area contributed by atoms with Crippen molar-refractivity contribution < 1.29 is 28.6 Å². The molecule has 1 aromatic rings. The number of aliphatic carboxylic acids is 1. The molecule has 1 amide bonds. The van der Waals surface area contributed by atoms with Gasteiger partial charge in [-0.15, -0.1) is 0 Å². The number of carbonyl (C=O) groups is 2. The Morgan fingerprint density at radius 1 is 1.33 bits per heavy atom. The molecule has 0 aliphatic rings. The molecule has 1 unspecified atom stereocenters. The average molecular weight is 299 g/mol. The van der Waals surface area contributed by atoms with Crippen LogP contribution in [0.3, 0.4) is 0 Å². The van der Waals surface area contributed by atoms with Crippen molar-refractivity contribution in [2.75, 3.05) is 7.11 Å². The molecule has 21 heavy (non-hydrogen) atoms. The summed E-state index contributed by atoms with van der Waals surface area (Å²) in [5.41, 5.74) is -0.782. The molecule has 0 spiro atoms. The maximum Gasteiger partial charge on any atom is 0.408 e. The van der Waals surface area contributed by atoms with Crippen molar-refractivity contribution in [1.29, 1.82) is 0 Å². The van der Waals surface area contributed by atoms with Gasteiger partial charge in [0.2, 0.25) is 0 Å². The molecular formula is C14H18FNO5. The second-order valence-corrected chi connectivity index (χ2v) is 5.30. The van der Waals surface area contributed by atoms with E-state index in [4.69, 9.17) is 9.47 Å². The number of nitrogens with one attached hydrogen (secondary N) is 1. The molecule has 0 saturated carbocycles. The highest BCUT2D eigenvalue weighted by Crippen LogP contribution is 2.26. The fourth-order valence-corrected chi connectivity index (χ4v) is 1.63. The van der Waals surface area contributed by atoms with E-state index in [2.05, 4.69) is 5.32 Å². The van der Waals surface area contributed by atoms with Crippen LogP contribution in [-0.4, -0.2) is 29.9 Å². The van der Waals surface area contributed by atoms with Gasteiger partial charge in [0, 0.05) is 5.56 Å². The van der Waals surface area contributed by atoms with E-state index in [0.717, 1.165) is 12.1 Å². The minimum atomic E-state index is -1.48. The van der Waals surface area contributed by atoms with Gasteiger partial charge in [-0.3, -0.25) is 0 Å². The third kappa shape index (κ3) is 4.94. The van der Waals surface area contributed by atoms with Crippen molar-refractivity contribution >= 4 is 12.1 Å². The number of rotatable bonds is 4. The molecule has 0 aliphatic heterocycles. The topological polar surface area (TPSA) is 84.9 Å². The lowest BCUT2D eigenvalue weighted by Crippen LogP contribution is -2.38. The van der Waals surface area contributed by atoms with E-state index in [1.165, 1.54) is 13.2 Å². The third-order valence-electron chi connectivity index (χ3n) is 2.41. The predicted octanol–water partition coefficient (Wildman–Crippen LogP) is 2.48. The van der Waals surface area contributed by atoms with Crippen LogP contribution in [0.15, 0.2) is 18.2 Å². The summed E-state index contributed by atoms with van der Waals surface area (Å²) in [6.07, 6.45) is -0.916. The molecule has 2 N–H and O–H groups in total. The maximum atomic E-state index is 13.3. The van der Waals surface area contributed by atoms with Crippen LogP contribution in [0.2, 0.25) is 0 Å². The summed E-state index contributed by atoms with van der Waals surface area (Å²) in [5.74, 6) is -1.84. The van der Waals surface area contributed by atoms with Crippen LogP contribution in [-0.2, 0) is 9.53 Å². The van der Waals surface area contributed by atoms with Gasteiger partial charge in [-0.25, -0.2) is 14.0 Å². The van der Waals surface area contributed by atoms with Gasteiger partial charge >= 0.3 is 12.1 Å². The molecule has 0 aromatic heterocycles. The van der Waals surface area contributed by atoms with Crippen molar-refractivity contribution in [3.63, 3.8) is 0 Å². The Bertz CT molecular complexity index is 539. The standard InChI is InChI=1S/C14H18FNO5/c1-14(2,3)21-13(19)16-11(12(17)18)9-7-8(15)5-6-10(9)20-4/h5-7,11H,1-4H3,(H,16,19)(H,17,18). The fourth-order valence-electron chi connectivity index (χ4n) is 1.63. The number of carbonyl (C=O) groups excluding carboxylic acids is 1. The third-order valence-corrected chi connectivity index (χ3v) is 2.41. The van der Waals surface area contributed by atoms with Gasteiger partial charge < -0.3 is 19.9 Å². The smallest absolute Gasteiger partial charge is 0.408 e. The van der Waals surface area contributed by atoms with Crippen LogP contribution in [0.4, 0.5) is 9.18 Å². The summed E-state index contributed by atoms with van der Waals surface area (Å²) in [6.45, 7) is 4.93. The molecule has 0 aliphatic carbocycles. The Morgan fingerprint density at radius 2 is 1.95 bits per heavy atom. The number of ether oxygens (including phenoxy) is 2. The number of methoxy groups -OCH3 is 1. The summed E-state index contributed by atoms with van der Waals surface area (Å²) in [5, 5.41) is 11.4. The van der Waals surface area contributed by atoms with E-state index < -0.39 is 29.5 Å². The van der Waals surface area contributed by atoms with Crippen molar-refractivity contribution in [3.05, 3.63) is 29.6 Å². The van der Waals surface area contributed by atoms with Crippen LogP contribution in [0.25, 0.3) is 0 Å². The molecule has 0 radical (unpaired) electrons. The number of carboxylic acids is 1. The molecule has 1 aromatic carbocycles. The van der Waals surface area contributed by atoms with E-state index in [1.54, 1.807) is 20.8 Å². The van der Waals surface area contributed by atoms with Crippen LogP contribution < -0.4 is 10.1 Å². The Hall–Kier alpha value is -2.31. The number of hydrogen-bond donors (Lipinski definition) is 2. The molecule has 0 saturated heterocycles. The maximum absolute atomic E-state index is 13.3. The minimum Gasteiger partial charge on any atom is -0.496 e. The van der Waals surface area contributed by atoms with Gasteiger partial charge in [-0.05, 0) is 39.0 Å². The van der Waals surface area contributed by atoms with Gasteiger partial charge in [-0.1, -0.05) is 0 Å². The molecule has 1 atom stereocenters. The van der Waals surface area contributed by atoms with Crippen LogP contribution >= 0.6 is 0 Å². The minimum absolute atomic E-state index is 0.00383. The molecule has 1 rings (SSSR count). The first kappa shape index (κ1) is 16.7. The summed E-state index contributed by atoms with van der Waals surface area (Å²) in [6, 6.07) is 1.94. The van der Waals surface area contributed by atoms with E-state index in [0.29, 0.717) is 0 Å². The number of hydrogen-bond acceptors (Lipinski definition) is 4. The van der Waals surface area contributed by atoms with Crippen LogP contribution in [0, 0.1) is 5.82 Å². The van der Waals surface area contributed by atoms with E-state index in [9.17, 15) is 19.1 Å². The zero-order valence-corrected chi connectivity index (χ0v) is 12.3. The number of amides is 1. The second-order valence-electron chi connectivity index (χ2n) is 5.30. The largest absolute Gasteiger partial charge is 0.496 e. The predicted molar refractivity (Wildman–Crippen MR) is 72.7 cm³/mol. The first-order chi connectivity index (χ1) is 9.64. The average Bonchev–Trinajstić information content (AvgIpc) is 2.33. The van der Waals surface area contributed by atoms with Crippen LogP contribution in [0.5, 0.6) is 5.75 Å². The summed E-state index contributed by atoms with van der Waals surface area (Å²) in [4.78, 5) is 23.0. The first-order valence-electron chi connectivity index (χ1n) is 6.20. The lowest BCUT2D eigenvalue weighted by atomic mass is 10.1. The Labute approximate surface area is 121 Å². The number of carboxylic acid groups (broad SMARTS) is 1. The highest BCUT2D eigenvalue weighted by Gasteiger charge is 2.28. The lowest BCUT2D eigenvalue weighted by molar-refractivity contribution is -0.139. The monoisotopic (exact) mass is 299 g/mol. The number of alkyl carbamates (subject to hydrolysis) is 1. The van der Waals surface area contributed by atoms with Gasteiger partial charge in [0.1, 0.15) is 17.2 Å². The number of benzene rings is 1. The summed E-state index contributed by atoms with van der Waals surface area (Å²) in [7, 11) is 1.32. The summed E-state index contributed by atoms with van der Waals surface area (Å²) >= 11 is 0. The molecule has 116 valence electrons. The lowest BCUT2D eigenvalue weighted by Gasteiger charge is -2.22. The van der Waals surface area contributed by atoms with Crippen molar-refractivity contribution in [3.8, 4) is 5.75 Å². The quantitative estimate of drug-likeness (QED) is 0.892. The second kappa shape index (κ2) is 6.43. The Morgan fingerprint density at radius 3 is 2.43 bits per heavy atom. The zero-order chi connectivity index (χ0) is 16.2. The van der Waals surface area contributed by atoms with Crippen LogP contribution in [0.1, 0.15) is 32.4 Å². The SMILES string of the molecule is COc1ccc(F)cc1C(NC(=O)OC(C)(C)C)C(=O)O. The summed E-state index contributed by atoms with van der Waals surface area (Å²) < 4.78 is 23.3. The number of halogens is 1. The first-order valence-corrected chi connectivity index (χ1v) is 6.20. The van der Waals surface area contributed by atoms with Gasteiger partial charge in [0.15, 0.2) is 6.04 Å². The molecule has 0 fully saturated rings. The molecular weight excluding hydrogens is 281 g/mol. The fraction of sp³-hybridized carbons (Fsp3) is 0.429. The van der Waals surface area contributed by atoms with Crippen molar-refractivity contribution in [1.82, 2.24) is 5.32 Å². The molecule has 0 bridgehead atoms. The molecule has 6 nitrogen and oxygen atoms in total. The normalized spacial score (nSPS) is 12.4. The van der Waals surface area contributed by atoms with Crippen molar-refractivity contribution in [2.24, 2.45) is 0 Å². The highest BCUT2D eigenvalue weighted by atomic mass is 19.1. The van der Waals surface area contributed by atoms with E-state index in [-0.39, 0.29) is 11.3 Å². The Balaban J connectivity index is 3.05. The highest BCUT2D eigenvalue weighted by molar-refractivity contribution is 5.82. The van der Waals surface area contributed by atoms with E-state index >= 15 is 0 Å². The molecule has 7 heteroatoms. The molecule has 0 heterocycles. The van der Waals surface area contributed by atoms with Gasteiger partial charge in [0.05, 0.1) is 7.11 Å². The Kier molecular flexibility index (Phi) is 5.12.